The molecule has 7 heteroatoms. The number of ether oxygens (including phenoxy) is 1. The molecule has 1 N–H and O–H groups in total. The Morgan fingerprint density at radius 3 is 2.39 bits per heavy atom. The molecule has 0 atom stereocenters. The minimum atomic E-state index is -4.77. The van der Waals surface area contributed by atoms with Crippen LogP contribution < -0.4 is 10.1 Å². The van der Waals surface area contributed by atoms with Crippen LogP contribution in [-0.2, 0) is 17.8 Å². The summed E-state index contributed by atoms with van der Waals surface area (Å²) in [5.74, 6) is -0.638. The second-order valence-corrected chi connectivity index (χ2v) is 5.17. The molecule has 0 spiro atoms. The van der Waals surface area contributed by atoms with Crippen molar-refractivity contribution in [1.29, 1.82) is 0 Å². The molecule has 0 aliphatic heterocycles. The number of rotatable bonds is 5. The quantitative estimate of drug-likeness (QED) is 0.887. The van der Waals surface area contributed by atoms with E-state index < -0.39 is 6.36 Å². The van der Waals surface area contributed by atoms with Crippen molar-refractivity contribution < 1.29 is 22.7 Å². The van der Waals surface area contributed by atoms with Crippen molar-refractivity contribution in [2.24, 2.45) is 0 Å². The molecule has 2 aromatic rings. The molecular weight excluding hydrogens is 331 g/mol. The Balaban J connectivity index is 1.95. The predicted octanol–water partition coefficient (Wildman–Crippen LogP) is 4.10. The van der Waals surface area contributed by atoms with E-state index in [1.165, 1.54) is 18.2 Å². The SMILES string of the molecule is O=C(Cc1ccc(Cl)cc1)NCc1ccccc1OC(F)(F)F. The average molecular weight is 344 g/mol. The topological polar surface area (TPSA) is 38.3 Å². The minimum absolute atomic E-state index is 0.0569. The van der Waals surface area contributed by atoms with Crippen LogP contribution in [0.5, 0.6) is 5.75 Å². The zero-order chi connectivity index (χ0) is 16.9. The molecule has 0 heterocycles. The van der Waals surface area contributed by atoms with Crippen LogP contribution in [0.1, 0.15) is 11.1 Å². The third-order valence-electron chi connectivity index (χ3n) is 2.95. The summed E-state index contributed by atoms with van der Waals surface area (Å²) in [5, 5.41) is 3.13. The first-order chi connectivity index (χ1) is 10.8. The highest BCUT2D eigenvalue weighted by Gasteiger charge is 2.31. The number of benzene rings is 2. The van der Waals surface area contributed by atoms with Gasteiger partial charge in [-0.15, -0.1) is 13.2 Å². The van der Waals surface area contributed by atoms with Gasteiger partial charge in [-0.05, 0) is 23.8 Å². The van der Waals surface area contributed by atoms with E-state index in [0.29, 0.717) is 5.02 Å². The van der Waals surface area contributed by atoms with E-state index >= 15 is 0 Å². The fraction of sp³-hybridized carbons (Fsp3) is 0.188. The van der Waals surface area contributed by atoms with Gasteiger partial charge in [0.15, 0.2) is 0 Å². The van der Waals surface area contributed by atoms with E-state index in [9.17, 15) is 18.0 Å². The third-order valence-corrected chi connectivity index (χ3v) is 3.20. The number of amides is 1. The molecule has 0 unspecified atom stereocenters. The summed E-state index contributed by atoms with van der Waals surface area (Å²) in [6, 6.07) is 12.4. The second-order valence-electron chi connectivity index (χ2n) is 4.74. The third kappa shape index (κ3) is 5.83. The summed E-state index contributed by atoms with van der Waals surface area (Å²) in [4.78, 5) is 11.9. The van der Waals surface area contributed by atoms with E-state index in [2.05, 4.69) is 10.1 Å². The lowest BCUT2D eigenvalue weighted by atomic mass is 10.1. The Bertz CT molecular complexity index is 672. The lowest BCUT2D eigenvalue weighted by molar-refractivity contribution is -0.274. The van der Waals surface area contributed by atoms with Gasteiger partial charge in [-0.1, -0.05) is 41.9 Å². The van der Waals surface area contributed by atoms with Crippen molar-refractivity contribution in [2.45, 2.75) is 19.3 Å². The number of hydrogen-bond acceptors (Lipinski definition) is 2. The van der Waals surface area contributed by atoms with Gasteiger partial charge in [-0.3, -0.25) is 4.79 Å². The van der Waals surface area contributed by atoms with Crippen LogP contribution in [-0.4, -0.2) is 12.3 Å². The second kappa shape index (κ2) is 7.37. The molecule has 0 radical (unpaired) electrons. The van der Waals surface area contributed by atoms with Crippen molar-refractivity contribution in [2.75, 3.05) is 0 Å². The average Bonchev–Trinajstić information content (AvgIpc) is 2.47. The van der Waals surface area contributed by atoms with Gasteiger partial charge in [0.1, 0.15) is 5.75 Å². The Hall–Kier alpha value is -2.21. The van der Waals surface area contributed by atoms with E-state index in [4.69, 9.17) is 11.6 Å². The van der Waals surface area contributed by atoms with Crippen LogP contribution in [0.4, 0.5) is 13.2 Å². The monoisotopic (exact) mass is 343 g/mol. The number of halogens is 4. The summed E-state index contributed by atoms with van der Waals surface area (Å²) in [6.45, 7) is -0.0569. The summed E-state index contributed by atoms with van der Waals surface area (Å²) >= 11 is 5.75. The van der Waals surface area contributed by atoms with Crippen molar-refractivity contribution in [1.82, 2.24) is 5.32 Å². The lowest BCUT2D eigenvalue weighted by Gasteiger charge is -2.13. The molecule has 1 amide bonds. The van der Waals surface area contributed by atoms with Gasteiger partial charge in [-0.25, -0.2) is 0 Å². The summed E-state index contributed by atoms with van der Waals surface area (Å²) in [6.07, 6.45) is -4.66. The Labute approximate surface area is 136 Å². The molecular formula is C16H13ClF3NO2. The van der Waals surface area contributed by atoms with Crippen LogP contribution >= 0.6 is 11.6 Å². The zero-order valence-corrected chi connectivity index (χ0v) is 12.6. The van der Waals surface area contributed by atoms with Gasteiger partial charge in [0.25, 0.3) is 0 Å². The molecule has 2 rings (SSSR count). The number of nitrogens with one attached hydrogen (secondary N) is 1. The maximum Gasteiger partial charge on any atom is 0.573 e. The highest BCUT2D eigenvalue weighted by Crippen LogP contribution is 2.26. The maximum atomic E-state index is 12.3. The van der Waals surface area contributed by atoms with Crippen molar-refractivity contribution in [3.8, 4) is 5.75 Å². The minimum Gasteiger partial charge on any atom is -0.405 e. The lowest BCUT2D eigenvalue weighted by Crippen LogP contribution is -2.25. The largest absolute Gasteiger partial charge is 0.573 e. The summed E-state index contributed by atoms with van der Waals surface area (Å²) < 4.78 is 40.9. The Morgan fingerprint density at radius 2 is 1.74 bits per heavy atom. The van der Waals surface area contributed by atoms with Crippen molar-refractivity contribution in [3.05, 3.63) is 64.7 Å². The van der Waals surface area contributed by atoms with E-state index in [1.807, 2.05) is 0 Å². The van der Waals surface area contributed by atoms with Crippen LogP contribution in [0, 0.1) is 0 Å². The van der Waals surface area contributed by atoms with E-state index in [1.54, 1.807) is 30.3 Å². The van der Waals surface area contributed by atoms with Gasteiger partial charge in [-0.2, -0.15) is 0 Å². The fourth-order valence-electron chi connectivity index (χ4n) is 1.92. The number of para-hydroxylation sites is 1. The molecule has 2 aromatic carbocycles. The Kier molecular flexibility index (Phi) is 5.50. The van der Waals surface area contributed by atoms with Crippen molar-refractivity contribution in [3.63, 3.8) is 0 Å². The molecule has 0 fully saturated rings. The molecule has 0 saturated heterocycles. The van der Waals surface area contributed by atoms with Gasteiger partial charge >= 0.3 is 6.36 Å². The van der Waals surface area contributed by atoms with Gasteiger partial charge < -0.3 is 10.1 Å². The zero-order valence-electron chi connectivity index (χ0n) is 11.9. The fourth-order valence-corrected chi connectivity index (χ4v) is 2.04. The first-order valence-corrected chi connectivity index (χ1v) is 7.06. The molecule has 0 aliphatic rings. The van der Waals surface area contributed by atoms with Crippen molar-refractivity contribution >= 4 is 17.5 Å². The molecule has 0 bridgehead atoms. The standard InChI is InChI=1S/C16H13ClF3NO2/c17-13-7-5-11(6-8-13)9-15(22)21-10-12-3-1-2-4-14(12)23-16(18,19)20/h1-8H,9-10H2,(H,21,22). The summed E-state index contributed by atoms with van der Waals surface area (Å²) in [5.41, 5.74) is 1.00. The molecule has 0 aromatic heterocycles. The molecule has 23 heavy (non-hydrogen) atoms. The van der Waals surface area contributed by atoms with Crippen LogP contribution in [0.15, 0.2) is 48.5 Å². The normalized spacial score (nSPS) is 11.1. The molecule has 122 valence electrons. The smallest absolute Gasteiger partial charge is 0.405 e. The van der Waals surface area contributed by atoms with Gasteiger partial charge in [0.2, 0.25) is 5.91 Å². The number of hydrogen-bond donors (Lipinski definition) is 1. The highest BCUT2D eigenvalue weighted by atomic mass is 35.5. The molecule has 0 aliphatic carbocycles. The van der Waals surface area contributed by atoms with Crippen LogP contribution in [0.3, 0.4) is 0 Å². The number of carbonyl (C=O) groups excluding carboxylic acids is 1. The maximum absolute atomic E-state index is 12.3. The van der Waals surface area contributed by atoms with Crippen LogP contribution in [0.25, 0.3) is 0 Å². The highest BCUT2D eigenvalue weighted by molar-refractivity contribution is 6.30. The predicted molar refractivity (Wildman–Crippen MR) is 80.1 cm³/mol. The summed E-state index contributed by atoms with van der Waals surface area (Å²) in [7, 11) is 0. The van der Waals surface area contributed by atoms with Gasteiger partial charge in [0.05, 0.1) is 6.42 Å². The Morgan fingerprint density at radius 1 is 1.09 bits per heavy atom. The first kappa shape index (κ1) is 17.1. The van der Waals surface area contributed by atoms with Gasteiger partial charge in [0, 0.05) is 17.1 Å². The first-order valence-electron chi connectivity index (χ1n) is 6.68. The number of alkyl halides is 3. The molecule has 0 saturated carbocycles. The van der Waals surface area contributed by atoms with E-state index in [0.717, 1.165) is 5.56 Å². The van der Waals surface area contributed by atoms with Crippen LogP contribution in [0.2, 0.25) is 5.02 Å². The van der Waals surface area contributed by atoms with E-state index in [-0.39, 0.29) is 30.2 Å². The number of carbonyl (C=O) groups is 1. The molecule has 3 nitrogen and oxygen atoms in total.